The number of carbonyl (C=O) groups is 1. The molecule has 1 atom stereocenters. The minimum absolute atomic E-state index is 0.0143. The van der Waals surface area contributed by atoms with Crippen molar-refractivity contribution in [2.45, 2.75) is 26.2 Å². The lowest BCUT2D eigenvalue weighted by Gasteiger charge is -2.13. The summed E-state index contributed by atoms with van der Waals surface area (Å²) in [5, 5.41) is 2.65. The Kier molecular flexibility index (Phi) is 5.16. The summed E-state index contributed by atoms with van der Waals surface area (Å²) in [7, 11) is 1.65. The van der Waals surface area contributed by atoms with Gasteiger partial charge in [0.05, 0.1) is 5.92 Å². The molecule has 3 nitrogen and oxygen atoms in total. The fourth-order valence-electron chi connectivity index (χ4n) is 1.81. The maximum absolute atomic E-state index is 11.5. The van der Waals surface area contributed by atoms with Gasteiger partial charge in [0.2, 0.25) is 5.91 Å². The van der Waals surface area contributed by atoms with Crippen molar-refractivity contribution in [2.24, 2.45) is 11.7 Å². The molecule has 94 valence electrons. The summed E-state index contributed by atoms with van der Waals surface area (Å²) in [4.78, 5) is 11.5. The van der Waals surface area contributed by atoms with E-state index in [1.807, 2.05) is 0 Å². The Morgan fingerprint density at radius 2 is 1.88 bits per heavy atom. The molecule has 1 aromatic carbocycles. The topological polar surface area (TPSA) is 55.1 Å². The average Bonchev–Trinajstić information content (AvgIpc) is 2.35. The van der Waals surface area contributed by atoms with Crippen LogP contribution in [0.1, 0.15) is 30.9 Å². The lowest BCUT2D eigenvalue weighted by Crippen LogP contribution is -2.34. The second-order valence-corrected chi connectivity index (χ2v) is 4.65. The summed E-state index contributed by atoms with van der Waals surface area (Å²) in [6.45, 7) is 4.72. The normalized spacial score (nSPS) is 12.5. The van der Waals surface area contributed by atoms with E-state index in [0.717, 1.165) is 5.56 Å². The van der Waals surface area contributed by atoms with Gasteiger partial charge in [-0.25, -0.2) is 0 Å². The molecule has 1 aromatic rings. The first kappa shape index (κ1) is 13.7. The largest absolute Gasteiger partial charge is 0.359 e. The molecule has 0 fully saturated rings. The Bertz CT molecular complexity index is 357. The van der Waals surface area contributed by atoms with Crippen LogP contribution in [0.15, 0.2) is 24.3 Å². The van der Waals surface area contributed by atoms with Crippen LogP contribution in [-0.2, 0) is 11.2 Å². The van der Waals surface area contributed by atoms with E-state index in [2.05, 4.69) is 43.4 Å². The van der Waals surface area contributed by atoms with Gasteiger partial charge in [-0.2, -0.15) is 0 Å². The van der Waals surface area contributed by atoms with Gasteiger partial charge in [-0.15, -0.1) is 0 Å². The summed E-state index contributed by atoms with van der Waals surface area (Å²) in [5.74, 6) is 0.415. The first-order chi connectivity index (χ1) is 8.08. The fourth-order valence-corrected chi connectivity index (χ4v) is 1.81. The first-order valence-electron chi connectivity index (χ1n) is 6.09. The van der Waals surface area contributed by atoms with E-state index in [1.54, 1.807) is 7.05 Å². The van der Waals surface area contributed by atoms with Crippen molar-refractivity contribution < 1.29 is 4.79 Å². The van der Waals surface area contributed by atoms with Gasteiger partial charge in [0.15, 0.2) is 0 Å². The van der Waals surface area contributed by atoms with Crippen molar-refractivity contribution in [3.05, 3.63) is 35.4 Å². The molecular weight excluding hydrogens is 212 g/mol. The molecule has 3 heteroatoms. The summed E-state index contributed by atoms with van der Waals surface area (Å²) < 4.78 is 0. The molecule has 0 aromatic heterocycles. The van der Waals surface area contributed by atoms with Gasteiger partial charge in [-0.1, -0.05) is 38.1 Å². The molecule has 0 radical (unpaired) electrons. The summed E-state index contributed by atoms with van der Waals surface area (Å²) in [6, 6.07) is 8.41. The van der Waals surface area contributed by atoms with Crippen molar-refractivity contribution in [1.82, 2.24) is 5.32 Å². The van der Waals surface area contributed by atoms with E-state index in [1.165, 1.54) is 5.56 Å². The minimum atomic E-state index is -0.134. The van der Waals surface area contributed by atoms with Gasteiger partial charge in [0.25, 0.3) is 0 Å². The van der Waals surface area contributed by atoms with Gasteiger partial charge in [0.1, 0.15) is 0 Å². The highest BCUT2D eigenvalue weighted by Crippen LogP contribution is 2.16. The quantitative estimate of drug-likeness (QED) is 0.814. The van der Waals surface area contributed by atoms with E-state index in [4.69, 9.17) is 5.73 Å². The second-order valence-electron chi connectivity index (χ2n) is 4.65. The van der Waals surface area contributed by atoms with Crippen molar-refractivity contribution in [2.75, 3.05) is 13.6 Å². The molecule has 0 aliphatic rings. The zero-order valence-corrected chi connectivity index (χ0v) is 10.9. The Labute approximate surface area is 103 Å². The number of nitrogens with two attached hydrogens (primary N) is 1. The Morgan fingerprint density at radius 1 is 1.29 bits per heavy atom. The zero-order valence-electron chi connectivity index (χ0n) is 10.9. The number of nitrogens with one attached hydrogen (secondary N) is 1. The molecule has 1 unspecified atom stereocenters. The highest BCUT2D eigenvalue weighted by Gasteiger charge is 2.15. The maximum atomic E-state index is 11.5. The van der Waals surface area contributed by atoms with Crippen LogP contribution in [-0.4, -0.2) is 19.5 Å². The molecule has 0 saturated carbocycles. The monoisotopic (exact) mass is 234 g/mol. The van der Waals surface area contributed by atoms with E-state index in [0.29, 0.717) is 18.9 Å². The lowest BCUT2D eigenvalue weighted by atomic mass is 9.95. The number of carbonyl (C=O) groups excluding carboxylic acids is 1. The van der Waals surface area contributed by atoms with Gasteiger partial charge >= 0.3 is 0 Å². The van der Waals surface area contributed by atoms with Crippen LogP contribution in [0.2, 0.25) is 0 Å². The molecule has 0 aliphatic heterocycles. The van der Waals surface area contributed by atoms with Crippen molar-refractivity contribution in [1.29, 1.82) is 0 Å². The van der Waals surface area contributed by atoms with Crippen molar-refractivity contribution in [3.8, 4) is 0 Å². The van der Waals surface area contributed by atoms with Crippen LogP contribution in [0.3, 0.4) is 0 Å². The summed E-state index contributed by atoms with van der Waals surface area (Å²) in [6.07, 6.45) is 0.703. The molecule has 0 saturated heterocycles. The van der Waals surface area contributed by atoms with E-state index >= 15 is 0 Å². The molecule has 3 N–H and O–H groups in total. The Hall–Kier alpha value is -1.35. The molecule has 0 aliphatic carbocycles. The molecular formula is C14H22N2O. The van der Waals surface area contributed by atoms with E-state index in [-0.39, 0.29) is 11.8 Å². The number of rotatable bonds is 5. The predicted octanol–water partition coefficient (Wildman–Crippen LogP) is 1.67. The third-order valence-electron chi connectivity index (χ3n) is 3.03. The lowest BCUT2D eigenvalue weighted by molar-refractivity contribution is -0.124. The summed E-state index contributed by atoms with van der Waals surface area (Å²) >= 11 is 0. The Balaban J connectivity index is 2.70. The van der Waals surface area contributed by atoms with E-state index < -0.39 is 0 Å². The third kappa shape index (κ3) is 3.86. The molecule has 0 bridgehead atoms. The smallest absolute Gasteiger partial charge is 0.224 e. The minimum Gasteiger partial charge on any atom is -0.359 e. The highest BCUT2D eigenvalue weighted by atomic mass is 16.1. The van der Waals surface area contributed by atoms with Crippen LogP contribution >= 0.6 is 0 Å². The molecule has 1 rings (SSSR count). The first-order valence-corrected chi connectivity index (χ1v) is 6.09. The highest BCUT2D eigenvalue weighted by molar-refractivity contribution is 5.78. The zero-order chi connectivity index (χ0) is 12.8. The van der Waals surface area contributed by atoms with Crippen LogP contribution < -0.4 is 11.1 Å². The van der Waals surface area contributed by atoms with Gasteiger partial charge < -0.3 is 11.1 Å². The van der Waals surface area contributed by atoms with Crippen LogP contribution in [0.4, 0.5) is 0 Å². The molecule has 1 amide bonds. The fraction of sp³-hybridized carbons (Fsp3) is 0.500. The maximum Gasteiger partial charge on any atom is 0.224 e. The Morgan fingerprint density at radius 3 is 2.29 bits per heavy atom. The van der Waals surface area contributed by atoms with Gasteiger partial charge in [0, 0.05) is 13.6 Å². The molecule has 0 spiro atoms. The molecule has 0 heterocycles. The predicted molar refractivity (Wildman–Crippen MR) is 70.8 cm³/mol. The summed E-state index contributed by atoms with van der Waals surface area (Å²) in [5.41, 5.74) is 8.09. The standard InChI is InChI=1S/C14H22N2O/c1-10(2)12-6-4-11(5-7-12)8-13(9-15)14(17)16-3/h4-7,10,13H,8-9,15H2,1-3H3,(H,16,17). The number of hydrogen-bond donors (Lipinski definition) is 2. The SMILES string of the molecule is CNC(=O)C(CN)Cc1ccc(C(C)C)cc1. The van der Waals surface area contributed by atoms with Crippen LogP contribution in [0.25, 0.3) is 0 Å². The van der Waals surface area contributed by atoms with Crippen molar-refractivity contribution >= 4 is 5.91 Å². The van der Waals surface area contributed by atoms with Crippen LogP contribution in [0, 0.1) is 5.92 Å². The second kappa shape index (κ2) is 6.40. The number of hydrogen-bond acceptors (Lipinski definition) is 2. The number of amides is 1. The van der Waals surface area contributed by atoms with E-state index in [9.17, 15) is 4.79 Å². The van der Waals surface area contributed by atoms with Crippen molar-refractivity contribution in [3.63, 3.8) is 0 Å². The number of benzene rings is 1. The molecule has 17 heavy (non-hydrogen) atoms. The van der Waals surface area contributed by atoms with Gasteiger partial charge in [-0.3, -0.25) is 4.79 Å². The van der Waals surface area contributed by atoms with Crippen LogP contribution in [0.5, 0.6) is 0 Å². The third-order valence-corrected chi connectivity index (χ3v) is 3.03. The van der Waals surface area contributed by atoms with Gasteiger partial charge in [-0.05, 0) is 23.5 Å². The average molecular weight is 234 g/mol.